The Balaban J connectivity index is 1.70. The number of halogens is 1. The normalized spacial score (nSPS) is 18.7. The Bertz CT molecular complexity index is 1160. The molecule has 0 spiro atoms. The first kappa shape index (κ1) is 20.7. The number of urea groups is 1. The average molecular weight is 438 g/mol. The molecule has 2 aliphatic heterocycles. The molecule has 0 radical (unpaired) electrons. The van der Waals surface area contributed by atoms with Crippen LogP contribution in [0.3, 0.4) is 0 Å². The molecule has 2 aromatic rings. The largest absolute Gasteiger partial charge is 0.414 e. The highest BCUT2D eigenvalue weighted by Crippen LogP contribution is 2.20. The number of hydrogen-bond donors (Lipinski definition) is 1. The van der Waals surface area contributed by atoms with Gasteiger partial charge in [-0.15, -0.1) is 5.10 Å². The van der Waals surface area contributed by atoms with Crippen molar-refractivity contribution >= 4 is 41.5 Å². The van der Waals surface area contributed by atoms with Crippen LogP contribution in [0.15, 0.2) is 58.6 Å². The zero-order chi connectivity index (χ0) is 22.1. The second kappa shape index (κ2) is 8.31. The average Bonchev–Trinajstić information content (AvgIpc) is 3.10. The van der Waals surface area contributed by atoms with Gasteiger partial charge in [0.1, 0.15) is 0 Å². The smallest absolute Gasteiger partial charge is 0.270 e. The maximum atomic E-state index is 13.0. The van der Waals surface area contributed by atoms with Gasteiger partial charge >= 0.3 is 12.0 Å². The van der Waals surface area contributed by atoms with E-state index in [-0.39, 0.29) is 5.91 Å². The third-order valence-corrected chi connectivity index (χ3v) is 5.58. The summed E-state index contributed by atoms with van der Waals surface area (Å²) in [5, 5.41) is 4.84. The van der Waals surface area contributed by atoms with Gasteiger partial charge in [0.15, 0.2) is 0 Å². The van der Waals surface area contributed by atoms with Crippen LogP contribution < -0.4 is 5.43 Å². The van der Waals surface area contributed by atoms with Crippen LogP contribution >= 0.6 is 11.6 Å². The Hall–Kier alpha value is -3.52. The van der Waals surface area contributed by atoms with Gasteiger partial charge < -0.3 is 0 Å². The van der Waals surface area contributed by atoms with Crippen LogP contribution in [-0.4, -0.2) is 64.5 Å². The molecule has 4 rings (SSSR count). The van der Waals surface area contributed by atoms with Gasteiger partial charge in [0.05, 0.1) is 12.8 Å². The summed E-state index contributed by atoms with van der Waals surface area (Å²) in [6.07, 6.45) is 1.59. The molecule has 8 nitrogen and oxygen atoms in total. The van der Waals surface area contributed by atoms with Crippen LogP contribution in [0.2, 0.25) is 5.02 Å². The van der Waals surface area contributed by atoms with Crippen LogP contribution in [0, 0.1) is 6.92 Å². The van der Waals surface area contributed by atoms with E-state index in [9.17, 15) is 9.59 Å². The number of hydrazone groups is 1. The van der Waals surface area contributed by atoms with Crippen molar-refractivity contribution in [3.63, 3.8) is 0 Å². The van der Waals surface area contributed by atoms with Crippen molar-refractivity contribution in [1.29, 1.82) is 0 Å². The number of benzene rings is 2. The van der Waals surface area contributed by atoms with Gasteiger partial charge in [-0.05, 0) is 18.6 Å². The van der Waals surface area contributed by atoms with Gasteiger partial charge in [0, 0.05) is 24.7 Å². The third-order valence-electron chi connectivity index (χ3n) is 5.24. The van der Waals surface area contributed by atoms with E-state index < -0.39 is 12.1 Å². The minimum Gasteiger partial charge on any atom is -0.270 e. The highest BCUT2D eigenvalue weighted by atomic mass is 35.5. The minimum atomic E-state index is -0.716. The number of rotatable bonds is 4. The Morgan fingerprint density at radius 3 is 2.68 bits per heavy atom. The third kappa shape index (κ3) is 3.94. The molecule has 1 fully saturated rings. The summed E-state index contributed by atoms with van der Waals surface area (Å²) in [6, 6.07) is 14.2. The second-order valence-corrected chi connectivity index (χ2v) is 7.85. The van der Waals surface area contributed by atoms with Gasteiger partial charge in [0.2, 0.25) is 11.9 Å². The SMILES string of the molecule is Cc1cccc(C[N+]2=C(N/N=C/c3ccccc3Cl)N=C3C2C(=O)N(C)C(=O)N3C)c1. The highest BCUT2D eigenvalue weighted by Gasteiger charge is 2.51. The number of amidine groups is 1. The van der Waals surface area contributed by atoms with Crippen LogP contribution in [0.4, 0.5) is 4.79 Å². The summed E-state index contributed by atoms with van der Waals surface area (Å²) in [5.41, 5.74) is 5.80. The Morgan fingerprint density at radius 1 is 1.16 bits per heavy atom. The first-order chi connectivity index (χ1) is 14.9. The molecule has 158 valence electrons. The summed E-state index contributed by atoms with van der Waals surface area (Å²) >= 11 is 6.18. The van der Waals surface area contributed by atoms with E-state index in [1.54, 1.807) is 19.3 Å². The Labute approximate surface area is 185 Å². The number of fused-ring (bicyclic) bond motifs is 1. The predicted molar refractivity (Wildman–Crippen MR) is 119 cm³/mol. The summed E-state index contributed by atoms with van der Waals surface area (Å²) in [6.45, 7) is 2.43. The van der Waals surface area contributed by atoms with Gasteiger partial charge in [-0.1, -0.05) is 64.6 Å². The quantitative estimate of drug-likeness (QED) is 0.453. The van der Waals surface area contributed by atoms with E-state index in [0.717, 1.165) is 21.6 Å². The van der Waals surface area contributed by atoms with Gasteiger partial charge in [-0.25, -0.2) is 9.37 Å². The number of nitrogens with zero attached hydrogens (tertiary/aromatic N) is 5. The molecule has 0 aliphatic carbocycles. The number of amides is 3. The number of aliphatic imine (C=N–C) groups is 1. The molecule has 0 saturated carbocycles. The van der Waals surface area contributed by atoms with Gasteiger partial charge in [-0.3, -0.25) is 14.6 Å². The fourth-order valence-electron chi connectivity index (χ4n) is 3.60. The fraction of sp³-hybridized carbons (Fsp3) is 0.227. The molecule has 31 heavy (non-hydrogen) atoms. The number of likely N-dealkylation sites (N-methyl/N-ethyl adjacent to an activating group) is 2. The molecular formula is C22H22ClN6O2+. The predicted octanol–water partition coefficient (Wildman–Crippen LogP) is 2.45. The maximum Gasteiger partial charge on any atom is 0.414 e. The van der Waals surface area contributed by atoms with Crippen LogP contribution in [0.5, 0.6) is 0 Å². The minimum absolute atomic E-state index is 0.332. The van der Waals surface area contributed by atoms with Crippen LogP contribution in [-0.2, 0) is 11.3 Å². The Morgan fingerprint density at radius 2 is 1.94 bits per heavy atom. The number of aryl methyl sites for hydroxylation is 1. The summed E-state index contributed by atoms with van der Waals surface area (Å²) < 4.78 is 1.82. The van der Waals surface area contributed by atoms with Crippen molar-refractivity contribution in [2.45, 2.75) is 19.5 Å². The molecule has 2 aromatic carbocycles. The lowest BCUT2D eigenvalue weighted by Crippen LogP contribution is -2.61. The summed E-state index contributed by atoms with van der Waals surface area (Å²) in [5.74, 6) is 0.422. The van der Waals surface area contributed by atoms with E-state index in [1.165, 1.54) is 11.9 Å². The molecule has 2 aliphatic rings. The highest BCUT2D eigenvalue weighted by molar-refractivity contribution is 6.33. The van der Waals surface area contributed by atoms with E-state index in [0.29, 0.717) is 23.4 Å². The van der Waals surface area contributed by atoms with Crippen molar-refractivity contribution in [3.8, 4) is 0 Å². The zero-order valence-electron chi connectivity index (χ0n) is 17.4. The van der Waals surface area contributed by atoms with E-state index in [1.807, 2.05) is 47.9 Å². The first-order valence-electron chi connectivity index (χ1n) is 9.73. The number of carbonyl (C=O) groups excluding carboxylic acids is 2. The first-order valence-corrected chi connectivity index (χ1v) is 10.1. The summed E-state index contributed by atoms with van der Waals surface area (Å²) in [4.78, 5) is 32.4. The molecular weight excluding hydrogens is 416 g/mol. The molecule has 1 N–H and O–H groups in total. The topological polar surface area (TPSA) is 80.4 Å². The molecule has 2 heterocycles. The number of nitrogens with one attached hydrogen (secondary N) is 1. The standard InChI is InChI=1S/C22H21ClN6O2/c1-14-7-6-8-15(11-14)13-29-18-19(27(2)22(31)28(3)20(18)30)25-21(29)26-24-12-16-9-4-5-10-17(16)23/h4-12,18H,13H2,1-3H3/p+1/b24-12+. The lowest BCUT2D eigenvalue weighted by atomic mass is 10.1. The summed E-state index contributed by atoms with van der Waals surface area (Å²) in [7, 11) is 3.08. The lowest BCUT2D eigenvalue weighted by molar-refractivity contribution is -0.553. The zero-order valence-corrected chi connectivity index (χ0v) is 18.2. The fourth-order valence-corrected chi connectivity index (χ4v) is 3.78. The van der Waals surface area contributed by atoms with Crippen molar-refractivity contribution in [2.75, 3.05) is 14.1 Å². The lowest BCUT2D eigenvalue weighted by Gasteiger charge is -2.31. The van der Waals surface area contributed by atoms with Crippen LogP contribution in [0.25, 0.3) is 0 Å². The van der Waals surface area contributed by atoms with E-state index in [2.05, 4.69) is 21.6 Å². The van der Waals surface area contributed by atoms with Crippen molar-refractivity contribution in [1.82, 2.24) is 15.2 Å². The van der Waals surface area contributed by atoms with E-state index in [4.69, 9.17) is 11.6 Å². The van der Waals surface area contributed by atoms with Gasteiger partial charge in [0.25, 0.3) is 5.91 Å². The molecule has 1 unspecified atom stereocenters. The van der Waals surface area contributed by atoms with Crippen molar-refractivity contribution < 1.29 is 14.2 Å². The maximum absolute atomic E-state index is 13.0. The molecule has 0 aromatic heterocycles. The molecule has 3 amide bonds. The van der Waals surface area contributed by atoms with Crippen molar-refractivity contribution in [2.24, 2.45) is 10.1 Å². The van der Waals surface area contributed by atoms with E-state index >= 15 is 0 Å². The Kier molecular flexibility index (Phi) is 5.56. The number of guanidine groups is 1. The molecule has 9 heteroatoms. The molecule has 1 atom stereocenters. The van der Waals surface area contributed by atoms with Crippen LogP contribution in [0.1, 0.15) is 16.7 Å². The number of carbonyl (C=O) groups is 2. The number of hydrogen-bond acceptors (Lipinski definition) is 5. The number of imide groups is 1. The molecule has 0 bridgehead atoms. The second-order valence-electron chi connectivity index (χ2n) is 7.44. The van der Waals surface area contributed by atoms with Gasteiger partial charge in [-0.2, -0.15) is 5.43 Å². The monoisotopic (exact) mass is 437 g/mol. The van der Waals surface area contributed by atoms with Crippen molar-refractivity contribution in [3.05, 3.63) is 70.2 Å². The molecule has 1 saturated heterocycles.